The van der Waals surface area contributed by atoms with Gasteiger partial charge in [0.25, 0.3) is 0 Å². The molecule has 0 saturated heterocycles. The minimum atomic E-state index is -0.191. The average Bonchev–Trinajstić information content (AvgIpc) is 2.91. The van der Waals surface area contributed by atoms with E-state index in [9.17, 15) is 4.79 Å². The predicted molar refractivity (Wildman–Crippen MR) is 142 cm³/mol. The van der Waals surface area contributed by atoms with E-state index in [4.69, 9.17) is 9.15 Å². The molecule has 0 fully saturated rings. The number of hydrogen-bond donors (Lipinski definition) is 1. The smallest absolute Gasteiger partial charge is 0.237 e. The third-order valence-corrected chi connectivity index (χ3v) is 6.14. The minimum absolute atomic E-state index is 0.0412. The minimum Gasteiger partial charge on any atom is -0.471 e. The highest BCUT2D eigenvalue weighted by Crippen LogP contribution is 2.33. The number of fused-ring (bicyclic) bond motifs is 1. The standard InChI is InChI=1S/C30H27N3O3/c1-19-15-24(29-25(16-19)27(34)20(2)28(36-29)23-11-7-13-31-17-23)21(3)33-26-12-8-14-32-30(26)35-18-22-9-5-4-6-10-22/h4-17,21,33H,18H2,1-3H3. The molecular formula is C30H27N3O3. The Kier molecular flexibility index (Phi) is 6.50. The van der Waals surface area contributed by atoms with Crippen LogP contribution in [0.4, 0.5) is 5.69 Å². The van der Waals surface area contributed by atoms with E-state index in [0.717, 1.165) is 27.9 Å². The second-order valence-electron chi connectivity index (χ2n) is 8.85. The van der Waals surface area contributed by atoms with E-state index in [1.807, 2.05) is 80.6 Å². The molecule has 0 amide bonds. The number of rotatable bonds is 7. The zero-order valence-electron chi connectivity index (χ0n) is 20.5. The highest BCUT2D eigenvalue weighted by atomic mass is 16.5. The molecule has 36 heavy (non-hydrogen) atoms. The topological polar surface area (TPSA) is 77.2 Å². The Morgan fingerprint density at radius 1 is 1.00 bits per heavy atom. The van der Waals surface area contributed by atoms with E-state index in [1.54, 1.807) is 25.5 Å². The molecule has 0 saturated carbocycles. The van der Waals surface area contributed by atoms with Crippen LogP contribution in [0.1, 0.15) is 35.2 Å². The number of nitrogens with one attached hydrogen (secondary N) is 1. The molecule has 5 rings (SSSR count). The molecule has 6 nitrogen and oxygen atoms in total. The van der Waals surface area contributed by atoms with Crippen LogP contribution in [0.3, 0.4) is 0 Å². The van der Waals surface area contributed by atoms with Crippen molar-refractivity contribution in [1.29, 1.82) is 0 Å². The van der Waals surface area contributed by atoms with Crippen LogP contribution >= 0.6 is 0 Å². The van der Waals surface area contributed by atoms with Crippen molar-refractivity contribution in [2.75, 3.05) is 5.32 Å². The van der Waals surface area contributed by atoms with E-state index in [1.165, 1.54) is 0 Å². The Balaban J connectivity index is 1.52. The molecule has 0 aliphatic heterocycles. The van der Waals surface area contributed by atoms with Gasteiger partial charge >= 0.3 is 0 Å². The van der Waals surface area contributed by atoms with Crippen molar-refractivity contribution in [3.8, 4) is 17.2 Å². The summed E-state index contributed by atoms with van der Waals surface area (Å²) < 4.78 is 12.4. The number of pyridine rings is 2. The summed E-state index contributed by atoms with van der Waals surface area (Å²) in [5, 5.41) is 4.08. The van der Waals surface area contributed by atoms with Gasteiger partial charge in [0, 0.05) is 35.3 Å². The number of hydrogen-bond acceptors (Lipinski definition) is 6. The van der Waals surface area contributed by atoms with Crippen LogP contribution in [0.25, 0.3) is 22.3 Å². The van der Waals surface area contributed by atoms with Crippen LogP contribution in [-0.4, -0.2) is 9.97 Å². The zero-order valence-corrected chi connectivity index (χ0v) is 20.5. The van der Waals surface area contributed by atoms with Crippen LogP contribution < -0.4 is 15.5 Å². The van der Waals surface area contributed by atoms with Crippen LogP contribution in [0, 0.1) is 13.8 Å². The second-order valence-corrected chi connectivity index (χ2v) is 8.85. The number of nitrogens with zero attached hydrogens (tertiary/aromatic N) is 2. The van der Waals surface area contributed by atoms with E-state index in [-0.39, 0.29) is 11.5 Å². The fourth-order valence-electron chi connectivity index (χ4n) is 4.31. The van der Waals surface area contributed by atoms with Gasteiger partial charge in [0.1, 0.15) is 18.0 Å². The summed E-state index contributed by atoms with van der Waals surface area (Å²) in [6.45, 7) is 6.23. The Hall–Kier alpha value is -4.45. The molecule has 0 aliphatic rings. The van der Waals surface area contributed by atoms with Crippen LogP contribution in [0.15, 0.2) is 94.5 Å². The molecule has 5 aromatic rings. The quantitative estimate of drug-likeness (QED) is 0.284. The molecule has 180 valence electrons. The third-order valence-electron chi connectivity index (χ3n) is 6.14. The van der Waals surface area contributed by atoms with Gasteiger partial charge in [-0.1, -0.05) is 36.4 Å². The molecule has 1 atom stereocenters. The fourth-order valence-corrected chi connectivity index (χ4v) is 4.31. The van der Waals surface area contributed by atoms with Gasteiger partial charge in [-0.3, -0.25) is 9.78 Å². The van der Waals surface area contributed by atoms with E-state index < -0.39 is 0 Å². The van der Waals surface area contributed by atoms with Crippen LogP contribution in [0.2, 0.25) is 0 Å². The van der Waals surface area contributed by atoms with Gasteiger partial charge in [-0.25, -0.2) is 4.98 Å². The Morgan fingerprint density at radius 3 is 2.58 bits per heavy atom. The first-order valence-electron chi connectivity index (χ1n) is 11.9. The second kappa shape index (κ2) is 10.0. The molecule has 6 heteroatoms. The van der Waals surface area contributed by atoms with Crippen molar-refractivity contribution in [2.24, 2.45) is 0 Å². The number of aryl methyl sites for hydroxylation is 1. The lowest BCUT2D eigenvalue weighted by atomic mass is 9.99. The first-order valence-corrected chi connectivity index (χ1v) is 11.9. The largest absolute Gasteiger partial charge is 0.471 e. The maximum absolute atomic E-state index is 13.4. The Labute approximate surface area is 209 Å². The highest BCUT2D eigenvalue weighted by molar-refractivity contribution is 5.84. The van der Waals surface area contributed by atoms with Crippen molar-refractivity contribution in [3.05, 3.63) is 118 Å². The Bertz CT molecular complexity index is 1560. The number of benzene rings is 2. The van der Waals surface area contributed by atoms with E-state index >= 15 is 0 Å². The van der Waals surface area contributed by atoms with Crippen molar-refractivity contribution in [1.82, 2.24) is 9.97 Å². The fraction of sp³-hybridized carbons (Fsp3) is 0.167. The lowest BCUT2D eigenvalue weighted by Gasteiger charge is -2.20. The molecule has 1 unspecified atom stereocenters. The van der Waals surface area contributed by atoms with Crippen LogP contribution in [0.5, 0.6) is 5.88 Å². The molecule has 3 aromatic heterocycles. The van der Waals surface area contributed by atoms with Gasteiger partial charge in [-0.05, 0) is 62.2 Å². The number of anilines is 1. The normalized spacial score (nSPS) is 11.9. The van der Waals surface area contributed by atoms with Gasteiger partial charge in [0.15, 0.2) is 5.43 Å². The summed E-state index contributed by atoms with van der Waals surface area (Å²) in [6.07, 6.45) is 5.11. The molecular weight excluding hydrogens is 450 g/mol. The van der Waals surface area contributed by atoms with Gasteiger partial charge in [-0.2, -0.15) is 0 Å². The first-order chi connectivity index (χ1) is 17.5. The van der Waals surface area contributed by atoms with Crippen molar-refractivity contribution < 1.29 is 9.15 Å². The van der Waals surface area contributed by atoms with Gasteiger partial charge in [-0.15, -0.1) is 0 Å². The van der Waals surface area contributed by atoms with Crippen LogP contribution in [-0.2, 0) is 6.61 Å². The maximum Gasteiger partial charge on any atom is 0.237 e. The lowest BCUT2D eigenvalue weighted by Crippen LogP contribution is -2.13. The highest BCUT2D eigenvalue weighted by Gasteiger charge is 2.20. The van der Waals surface area contributed by atoms with Gasteiger partial charge in [0.05, 0.1) is 17.1 Å². The number of aromatic nitrogens is 2. The summed E-state index contributed by atoms with van der Waals surface area (Å²) in [5.74, 6) is 1.05. The number of ether oxygens (including phenoxy) is 1. The summed E-state index contributed by atoms with van der Waals surface area (Å²) >= 11 is 0. The van der Waals surface area contributed by atoms with Crippen molar-refractivity contribution in [2.45, 2.75) is 33.4 Å². The van der Waals surface area contributed by atoms with Gasteiger partial charge < -0.3 is 14.5 Å². The Morgan fingerprint density at radius 2 is 1.81 bits per heavy atom. The van der Waals surface area contributed by atoms with E-state index in [0.29, 0.717) is 34.8 Å². The molecule has 0 radical (unpaired) electrons. The lowest BCUT2D eigenvalue weighted by molar-refractivity contribution is 0.295. The third kappa shape index (κ3) is 4.70. The molecule has 0 bridgehead atoms. The monoisotopic (exact) mass is 477 g/mol. The molecule has 0 spiro atoms. The summed E-state index contributed by atoms with van der Waals surface area (Å²) in [4.78, 5) is 22.0. The molecule has 1 N–H and O–H groups in total. The van der Waals surface area contributed by atoms with Crippen molar-refractivity contribution >= 4 is 16.7 Å². The maximum atomic E-state index is 13.4. The van der Waals surface area contributed by atoms with Crippen molar-refractivity contribution in [3.63, 3.8) is 0 Å². The first kappa shape index (κ1) is 23.3. The average molecular weight is 478 g/mol. The molecule has 3 heterocycles. The zero-order chi connectivity index (χ0) is 25.1. The van der Waals surface area contributed by atoms with Gasteiger partial charge in [0.2, 0.25) is 5.88 Å². The SMILES string of the molecule is Cc1cc(C(C)Nc2cccnc2OCc2ccccc2)c2oc(-c3cccnc3)c(C)c(=O)c2c1. The molecule has 2 aromatic carbocycles. The predicted octanol–water partition coefficient (Wildman–Crippen LogP) is 6.62. The van der Waals surface area contributed by atoms with E-state index in [2.05, 4.69) is 15.3 Å². The summed E-state index contributed by atoms with van der Waals surface area (Å²) in [6, 6.07) is 21.2. The summed E-state index contributed by atoms with van der Waals surface area (Å²) in [7, 11) is 0. The molecule has 0 aliphatic carbocycles. The summed E-state index contributed by atoms with van der Waals surface area (Å²) in [5.41, 5.74) is 5.54.